The molecule has 3 atom stereocenters. The van der Waals surface area contributed by atoms with Crippen LogP contribution in [0.25, 0.3) is 0 Å². The van der Waals surface area contributed by atoms with E-state index in [-0.39, 0.29) is 23.9 Å². The van der Waals surface area contributed by atoms with Crippen molar-refractivity contribution in [2.45, 2.75) is 45.3 Å². The Hall–Kier alpha value is -0.990. The number of hydrogen-bond acceptors (Lipinski definition) is 6. The highest BCUT2D eigenvalue weighted by Crippen LogP contribution is 2.35. The van der Waals surface area contributed by atoms with Crippen molar-refractivity contribution in [2.75, 3.05) is 18.8 Å². The highest BCUT2D eigenvalue weighted by Gasteiger charge is 2.45. The van der Waals surface area contributed by atoms with E-state index >= 15 is 0 Å². The minimum Gasteiger partial charge on any atom is -0.373 e. The Kier molecular flexibility index (Phi) is 4.02. The molecule has 1 aromatic rings. The lowest BCUT2D eigenvalue weighted by atomic mass is 10.0. The van der Waals surface area contributed by atoms with E-state index in [0.717, 1.165) is 6.42 Å². The monoisotopic (exact) mass is 315 g/mol. The van der Waals surface area contributed by atoms with Gasteiger partial charge in [0.1, 0.15) is 0 Å². The van der Waals surface area contributed by atoms with Crippen molar-refractivity contribution in [3.8, 4) is 0 Å². The molecule has 21 heavy (non-hydrogen) atoms. The normalized spacial score (nSPS) is 29.9. The van der Waals surface area contributed by atoms with Gasteiger partial charge in [-0.2, -0.15) is 9.29 Å². The minimum atomic E-state index is -3.11. The molecule has 0 aromatic carbocycles. The van der Waals surface area contributed by atoms with Crippen molar-refractivity contribution in [3.63, 3.8) is 0 Å². The Morgan fingerprint density at radius 3 is 2.81 bits per heavy atom. The average Bonchev–Trinajstić information content (AvgIpc) is 3.04. The van der Waals surface area contributed by atoms with Gasteiger partial charge >= 0.3 is 0 Å². The first-order valence-electron chi connectivity index (χ1n) is 7.40. The van der Waals surface area contributed by atoms with Crippen molar-refractivity contribution in [1.82, 2.24) is 14.4 Å². The first-order chi connectivity index (χ1) is 9.98. The van der Waals surface area contributed by atoms with Crippen LogP contribution in [0.2, 0.25) is 0 Å². The van der Waals surface area contributed by atoms with E-state index in [0.29, 0.717) is 37.6 Å². The zero-order chi connectivity index (χ0) is 15.0. The summed E-state index contributed by atoms with van der Waals surface area (Å²) in [6, 6.07) is 0. The van der Waals surface area contributed by atoms with Crippen molar-refractivity contribution in [2.24, 2.45) is 5.92 Å². The van der Waals surface area contributed by atoms with Crippen molar-refractivity contribution in [1.29, 1.82) is 0 Å². The highest BCUT2D eigenvalue weighted by molar-refractivity contribution is 7.89. The lowest BCUT2D eigenvalue weighted by molar-refractivity contribution is 0.0400. The van der Waals surface area contributed by atoms with E-state index in [9.17, 15) is 8.42 Å². The molecule has 3 rings (SSSR count). The van der Waals surface area contributed by atoms with Gasteiger partial charge in [0.2, 0.25) is 15.9 Å². The van der Waals surface area contributed by atoms with E-state index in [1.165, 1.54) is 0 Å². The van der Waals surface area contributed by atoms with Gasteiger partial charge in [-0.1, -0.05) is 12.1 Å². The number of ether oxygens (including phenoxy) is 1. The van der Waals surface area contributed by atoms with Crippen molar-refractivity contribution in [3.05, 3.63) is 11.7 Å². The molecule has 0 saturated carbocycles. The van der Waals surface area contributed by atoms with E-state index in [1.54, 1.807) is 11.2 Å². The maximum Gasteiger partial charge on any atom is 0.229 e. The predicted octanol–water partition coefficient (Wildman–Crippen LogP) is 0.750. The molecule has 7 nitrogen and oxygen atoms in total. The van der Waals surface area contributed by atoms with Crippen LogP contribution in [0.5, 0.6) is 0 Å². The largest absolute Gasteiger partial charge is 0.373 e. The van der Waals surface area contributed by atoms with Gasteiger partial charge in [0.25, 0.3) is 0 Å². The van der Waals surface area contributed by atoms with Gasteiger partial charge in [-0.05, 0) is 19.8 Å². The van der Waals surface area contributed by atoms with E-state index in [1.807, 2.05) is 6.92 Å². The third-order valence-electron chi connectivity index (χ3n) is 4.11. The van der Waals surface area contributed by atoms with E-state index < -0.39 is 10.0 Å². The van der Waals surface area contributed by atoms with Crippen LogP contribution < -0.4 is 0 Å². The summed E-state index contributed by atoms with van der Waals surface area (Å²) in [5.41, 5.74) is 0. The molecule has 2 fully saturated rings. The molecule has 0 amide bonds. The van der Waals surface area contributed by atoms with Gasteiger partial charge in [0.15, 0.2) is 5.82 Å². The molecule has 0 bridgehead atoms. The zero-order valence-electron chi connectivity index (χ0n) is 12.4. The summed E-state index contributed by atoms with van der Waals surface area (Å²) in [6.07, 6.45) is 2.16. The summed E-state index contributed by atoms with van der Waals surface area (Å²) in [7, 11) is -3.11. The van der Waals surface area contributed by atoms with Crippen LogP contribution in [-0.2, 0) is 21.2 Å². The molecule has 0 aliphatic carbocycles. The second kappa shape index (κ2) is 5.66. The van der Waals surface area contributed by atoms with Crippen molar-refractivity contribution < 1.29 is 17.7 Å². The summed E-state index contributed by atoms with van der Waals surface area (Å²) in [5, 5.41) is 3.77. The third-order valence-corrected chi connectivity index (χ3v) is 6.12. The first kappa shape index (κ1) is 14.9. The summed E-state index contributed by atoms with van der Waals surface area (Å²) < 4.78 is 36.8. The van der Waals surface area contributed by atoms with Gasteiger partial charge < -0.3 is 9.26 Å². The molecule has 118 valence electrons. The van der Waals surface area contributed by atoms with Crippen LogP contribution >= 0.6 is 0 Å². The van der Waals surface area contributed by atoms with Crippen LogP contribution in [0.3, 0.4) is 0 Å². The molecule has 2 aliphatic heterocycles. The molecule has 0 unspecified atom stereocenters. The smallest absolute Gasteiger partial charge is 0.229 e. The van der Waals surface area contributed by atoms with Crippen LogP contribution in [0.1, 0.15) is 31.5 Å². The molecular weight excluding hydrogens is 294 g/mol. The fraction of sp³-hybridized carbons (Fsp3) is 0.846. The predicted molar refractivity (Wildman–Crippen MR) is 75.2 cm³/mol. The fourth-order valence-corrected chi connectivity index (χ4v) is 4.75. The van der Waals surface area contributed by atoms with Gasteiger partial charge in [-0.3, -0.25) is 0 Å². The number of aromatic nitrogens is 2. The highest BCUT2D eigenvalue weighted by atomic mass is 32.2. The Labute approximate surface area is 124 Å². The number of rotatable bonds is 5. The van der Waals surface area contributed by atoms with Crippen LogP contribution in [0.4, 0.5) is 0 Å². The maximum atomic E-state index is 12.1. The second-order valence-corrected chi connectivity index (χ2v) is 7.95. The minimum absolute atomic E-state index is 0.00523. The quantitative estimate of drug-likeness (QED) is 0.797. The van der Waals surface area contributed by atoms with Crippen LogP contribution in [0.15, 0.2) is 4.52 Å². The van der Waals surface area contributed by atoms with Gasteiger partial charge in [0, 0.05) is 19.0 Å². The fourth-order valence-electron chi connectivity index (χ4n) is 3.19. The summed E-state index contributed by atoms with van der Waals surface area (Å²) in [4.78, 5) is 4.18. The molecule has 8 heteroatoms. The molecule has 2 aliphatic rings. The first-order valence-corrected chi connectivity index (χ1v) is 9.01. The van der Waals surface area contributed by atoms with Crippen molar-refractivity contribution >= 4 is 10.0 Å². The zero-order valence-corrected chi connectivity index (χ0v) is 13.2. The molecule has 0 spiro atoms. The lowest BCUT2D eigenvalue weighted by Crippen LogP contribution is -2.33. The summed E-state index contributed by atoms with van der Waals surface area (Å²) in [5.74, 6) is 1.72. The van der Waals surface area contributed by atoms with E-state index in [2.05, 4.69) is 10.1 Å². The number of fused-ring (bicyclic) bond motifs is 1. The third kappa shape index (κ3) is 3.12. The Morgan fingerprint density at radius 2 is 2.19 bits per heavy atom. The standard InChI is InChI=1S/C13H21N3O4S/c1-3-4-21(17,18)16-7-10-5-11(19-12(10)8-16)6-13-14-9(2)15-20-13/h10-12H,3-8H2,1-2H3/t10-,11+,12+/m1/s1. The Balaban J connectivity index is 1.56. The SMILES string of the molecule is CCCS(=O)(=O)N1C[C@H]2C[C@@H](Cc3nc(C)no3)O[C@H]2C1. The summed E-state index contributed by atoms with van der Waals surface area (Å²) >= 11 is 0. The molecule has 0 N–H and O–H groups in total. The molecule has 2 saturated heterocycles. The number of aryl methyl sites for hydroxylation is 1. The molecule has 0 radical (unpaired) electrons. The Bertz CT molecular complexity index is 586. The van der Waals surface area contributed by atoms with Gasteiger partial charge in [-0.15, -0.1) is 0 Å². The molecular formula is C13H21N3O4S. The lowest BCUT2D eigenvalue weighted by Gasteiger charge is -2.18. The topological polar surface area (TPSA) is 85.5 Å². The van der Waals surface area contributed by atoms with Gasteiger partial charge in [0.05, 0.1) is 24.4 Å². The van der Waals surface area contributed by atoms with Crippen LogP contribution in [0, 0.1) is 12.8 Å². The molecule has 1 aromatic heterocycles. The number of sulfonamides is 1. The maximum absolute atomic E-state index is 12.1. The average molecular weight is 315 g/mol. The second-order valence-electron chi connectivity index (χ2n) is 5.86. The number of nitrogens with zero attached hydrogens (tertiary/aromatic N) is 3. The number of hydrogen-bond donors (Lipinski definition) is 0. The van der Waals surface area contributed by atoms with Crippen LogP contribution in [-0.4, -0.2) is 53.9 Å². The summed E-state index contributed by atoms with van der Waals surface area (Å²) in [6.45, 7) is 4.72. The molecule has 3 heterocycles. The van der Waals surface area contributed by atoms with Gasteiger partial charge in [-0.25, -0.2) is 8.42 Å². The Morgan fingerprint density at radius 1 is 1.38 bits per heavy atom. The van der Waals surface area contributed by atoms with E-state index in [4.69, 9.17) is 9.26 Å².